The van der Waals surface area contributed by atoms with Gasteiger partial charge in [0.1, 0.15) is 5.75 Å². The molecule has 3 N–H and O–H groups in total. The number of nitrogens with two attached hydrogens (primary N) is 1. The molecule has 0 aromatic heterocycles. The van der Waals surface area contributed by atoms with Gasteiger partial charge in [-0.3, -0.25) is 4.79 Å². The monoisotopic (exact) mass is 300 g/mol. The second kappa shape index (κ2) is 5.79. The molecule has 0 spiro atoms. The predicted molar refractivity (Wildman–Crippen MR) is 84.8 cm³/mol. The zero-order chi connectivity index (χ0) is 14.8. The van der Waals surface area contributed by atoms with E-state index >= 15 is 0 Å². The van der Waals surface area contributed by atoms with E-state index in [1.54, 1.807) is 11.8 Å². The van der Waals surface area contributed by atoms with Gasteiger partial charge in [0.15, 0.2) is 6.61 Å². The van der Waals surface area contributed by atoms with Crippen LogP contribution < -0.4 is 15.8 Å². The first-order chi connectivity index (χ1) is 10.2. The van der Waals surface area contributed by atoms with Crippen LogP contribution in [0.25, 0.3) is 0 Å². The van der Waals surface area contributed by atoms with E-state index in [1.165, 1.54) is 0 Å². The van der Waals surface area contributed by atoms with E-state index in [0.29, 0.717) is 11.4 Å². The summed E-state index contributed by atoms with van der Waals surface area (Å²) in [6.07, 6.45) is 2.03. The quantitative estimate of drug-likeness (QED) is 0.856. The lowest BCUT2D eigenvalue weighted by Gasteiger charge is -2.21. The van der Waals surface area contributed by atoms with Gasteiger partial charge in [0, 0.05) is 4.90 Å². The lowest BCUT2D eigenvalue weighted by molar-refractivity contribution is -0.118. The van der Waals surface area contributed by atoms with Crippen LogP contribution in [0.15, 0.2) is 47.4 Å². The molecule has 3 rings (SSSR count). The van der Waals surface area contributed by atoms with Gasteiger partial charge in [-0.1, -0.05) is 24.3 Å². The van der Waals surface area contributed by atoms with E-state index in [-0.39, 0.29) is 18.6 Å². The highest BCUT2D eigenvalue weighted by atomic mass is 32.2. The minimum Gasteiger partial charge on any atom is -0.482 e. The number of nitrogens with one attached hydrogen (secondary N) is 1. The van der Waals surface area contributed by atoms with Crippen molar-refractivity contribution in [2.75, 3.05) is 18.2 Å². The summed E-state index contributed by atoms with van der Waals surface area (Å²) in [5.74, 6) is 0.543. The molecule has 1 aliphatic heterocycles. The Morgan fingerprint density at radius 1 is 1.29 bits per heavy atom. The summed E-state index contributed by atoms with van der Waals surface area (Å²) >= 11 is 1.67. The maximum Gasteiger partial charge on any atom is 0.262 e. The Balaban J connectivity index is 1.96. The number of hydrogen-bond donors (Lipinski definition) is 2. The summed E-state index contributed by atoms with van der Waals surface area (Å²) in [5, 5.41) is 2.81. The standard InChI is InChI=1S/C16H16N2O2S/c1-21-14-5-3-2-4-11(14)16(17)10-6-7-13-12(8-10)18-15(19)9-20-13/h2-8,16H,9,17H2,1H3,(H,18,19). The second-order valence-corrected chi connectivity index (χ2v) is 5.66. The van der Waals surface area contributed by atoms with Crippen LogP contribution in [0.2, 0.25) is 0 Å². The smallest absolute Gasteiger partial charge is 0.262 e. The molecule has 4 nitrogen and oxygen atoms in total. The van der Waals surface area contributed by atoms with Gasteiger partial charge in [0.25, 0.3) is 5.91 Å². The number of thioether (sulfide) groups is 1. The third-order valence-electron chi connectivity index (χ3n) is 3.47. The van der Waals surface area contributed by atoms with Gasteiger partial charge in [-0.05, 0) is 35.6 Å². The molecule has 108 valence electrons. The molecule has 0 saturated carbocycles. The molecule has 1 aliphatic rings. The van der Waals surface area contributed by atoms with Crippen molar-refractivity contribution >= 4 is 23.4 Å². The normalized spacial score (nSPS) is 14.9. The molecule has 21 heavy (non-hydrogen) atoms. The summed E-state index contributed by atoms with van der Waals surface area (Å²) < 4.78 is 5.36. The van der Waals surface area contributed by atoms with Crippen LogP contribution in [-0.2, 0) is 4.79 Å². The first-order valence-corrected chi connectivity index (χ1v) is 7.86. The van der Waals surface area contributed by atoms with Crippen molar-refractivity contribution in [3.05, 3.63) is 53.6 Å². The lowest BCUT2D eigenvalue weighted by atomic mass is 9.98. The van der Waals surface area contributed by atoms with Crippen molar-refractivity contribution in [2.24, 2.45) is 5.73 Å². The van der Waals surface area contributed by atoms with E-state index in [1.807, 2.05) is 42.7 Å². The largest absolute Gasteiger partial charge is 0.482 e. The van der Waals surface area contributed by atoms with Crippen molar-refractivity contribution in [1.29, 1.82) is 0 Å². The highest BCUT2D eigenvalue weighted by molar-refractivity contribution is 7.98. The third kappa shape index (κ3) is 2.75. The van der Waals surface area contributed by atoms with Gasteiger partial charge >= 0.3 is 0 Å². The molecular formula is C16H16N2O2S. The molecule has 1 atom stereocenters. The van der Waals surface area contributed by atoms with Crippen molar-refractivity contribution in [2.45, 2.75) is 10.9 Å². The minimum absolute atomic E-state index is 0.0632. The molecule has 0 saturated heterocycles. The van der Waals surface area contributed by atoms with E-state index in [2.05, 4.69) is 11.4 Å². The molecule has 2 aromatic carbocycles. The molecule has 0 bridgehead atoms. The van der Waals surface area contributed by atoms with Gasteiger partial charge in [-0.2, -0.15) is 0 Å². The summed E-state index contributed by atoms with van der Waals surface area (Å²) in [6, 6.07) is 13.5. The molecule has 5 heteroatoms. The molecule has 0 fully saturated rings. The molecule has 0 radical (unpaired) electrons. The van der Waals surface area contributed by atoms with Crippen LogP contribution in [0.1, 0.15) is 17.2 Å². The topological polar surface area (TPSA) is 64.3 Å². The number of carbonyl (C=O) groups excluding carboxylic acids is 1. The maximum absolute atomic E-state index is 11.4. The molecular weight excluding hydrogens is 284 g/mol. The Kier molecular flexibility index (Phi) is 3.86. The minimum atomic E-state index is -0.238. The van der Waals surface area contributed by atoms with Crippen molar-refractivity contribution in [3.8, 4) is 5.75 Å². The van der Waals surface area contributed by atoms with Crippen LogP contribution in [0.4, 0.5) is 5.69 Å². The molecule has 1 heterocycles. The summed E-state index contributed by atoms with van der Waals surface area (Å²) in [4.78, 5) is 12.6. The molecule has 2 aromatic rings. The number of anilines is 1. The molecule has 1 unspecified atom stereocenters. The zero-order valence-corrected chi connectivity index (χ0v) is 12.4. The Hall–Kier alpha value is -1.98. The Morgan fingerprint density at radius 3 is 2.90 bits per heavy atom. The van der Waals surface area contributed by atoms with Crippen molar-refractivity contribution < 1.29 is 9.53 Å². The lowest BCUT2D eigenvalue weighted by Crippen LogP contribution is -2.25. The first-order valence-electron chi connectivity index (χ1n) is 6.64. The average molecular weight is 300 g/mol. The van der Waals surface area contributed by atoms with E-state index < -0.39 is 0 Å². The van der Waals surface area contributed by atoms with Gasteiger partial charge in [0.2, 0.25) is 0 Å². The third-order valence-corrected chi connectivity index (χ3v) is 4.28. The predicted octanol–water partition coefficient (Wildman–Crippen LogP) is 2.79. The number of rotatable bonds is 3. The maximum atomic E-state index is 11.4. The van der Waals surface area contributed by atoms with E-state index in [0.717, 1.165) is 16.0 Å². The van der Waals surface area contributed by atoms with Gasteiger partial charge in [0.05, 0.1) is 11.7 Å². The fraction of sp³-hybridized carbons (Fsp3) is 0.188. The highest BCUT2D eigenvalue weighted by Crippen LogP contribution is 2.34. The van der Waals surface area contributed by atoms with Gasteiger partial charge in [-0.15, -0.1) is 11.8 Å². The van der Waals surface area contributed by atoms with Crippen LogP contribution in [0.5, 0.6) is 5.75 Å². The first kappa shape index (κ1) is 14.0. The van der Waals surface area contributed by atoms with Crippen LogP contribution >= 0.6 is 11.8 Å². The van der Waals surface area contributed by atoms with Crippen molar-refractivity contribution in [1.82, 2.24) is 0 Å². The highest BCUT2D eigenvalue weighted by Gasteiger charge is 2.19. The van der Waals surface area contributed by atoms with Crippen LogP contribution in [0, 0.1) is 0 Å². The number of fused-ring (bicyclic) bond motifs is 1. The van der Waals surface area contributed by atoms with Gasteiger partial charge in [-0.25, -0.2) is 0 Å². The van der Waals surface area contributed by atoms with E-state index in [4.69, 9.17) is 10.5 Å². The number of benzene rings is 2. The fourth-order valence-electron chi connectivity index (χ4n) is 2.40. The average Bonchev–Trinajstić information content (AvgIpc) is 2.53. The number of hydrogen-bond acceptors (Lipinski definition) is 4. The summed E-state index contributed by atoms with van der Waals surface area (Å²) in [7, 11) is 0. The molecule has 0 aliphatic carbocycles. The zero-order valence-electron chi connectivity index (χ0n) is 11.6. The Morgan fingerprint density at radius 2 is 2.10 bits per heavy atom. The van der Waals surface area contributed by atoms with Crippen LogP contribution in [0.3, 0.4) is 0 Å². The second-order valence-electron chi connectivity index (χ2n) is 4.81. The summed E-state index contributed by atoms with van der Waals surface area (Å²) in [5.41, 5.74) is 9.10. The fourth-order valence-corrected chi connectivity index (χ4v) is 3.04. The Labute approximate surface area is 127 Å². The van der Waals surface area contributed by atoms with Crippen molar-refractivity contribution in [3.63, 3.8) is 0 Å². The van der Waals surface area contributed by atoms with Crippen LogP contribution in [-0.4, -0.2) is 18.8 Å². The number of amides is 1. The molecule has 1 amide bonds. The SMILES string of the molecule is CSc1ccccc1C(N)c1ccc2c(c1)NC(=O)CO2. The van der Waals surface area contributed by atoms with Gasteiger partial charge < -0.3 is 15.8 Å². The number of ether oxygens (including phenoxy) is 1. The Bertz CT molecular complexity index is 688. The van der Waals surface area contributed by atoms with E-state index in [9.17, 15) is 4.79 Å². The summed E-state index contributed by atoms with van der Waals surface area (Å²) in [6.45, 7) is 0.0632. The number of carbonyl (C=O) groups is 1.